The van der Waals surface area contributed by atoms with E-state index in [1.807, 2.05) is 59.5 Å². The summed E-state index contributed by atoms with van der Waals surface area (Å²) in [5, 5.41) is 0.649. The summed E-state index contributed by atoms with van der Waals surface area (Å²) < 4.78 is 5.86. The molecule has 2 amide bonds. The number of anilines is 1. The zero-order chi connectivity index (χ0) is 18.8. The van der Waals surface area contributed by atoms with Crippen molar-refractivity contribution in [3.05, 3.63) is 65.2 Å². The van der Waals surface area contributed by atoms with Crippen molar-refractivity contribution in [2.45, 2.75) is 25.0 Å². The fourth-order valence-corrected chi connectivity index (χ4v) is 4.00. The molecule has 0 radical (unpaired) electrons. The van der Waals surface area contributed by atoms with Gasteiger partial charge in [-0.05, 0) is 36.2 Å². The van der Waals surface area contributed by atoms with Crippen LogP contribution in [0.15, 0.2) is 54.6 Å². The van der Waals surface area contributed by atoms with Gasteiger partial charge in [-0.25, -0.2) is 0 Å². The van der Waals surface area contributed by atoms with Crippen LogP contribution in [0.25, 0.3) is 0 Å². The van der Waals surface area contributed by atoms with Crippen molar-refractivity contribution < 1.29 is 14.3 Å². The second-order valence-corrected chi connectivity index (χ2v) is 7.29. The molecule has 2 aliphatic heterocycles. The molecule has 2 unspecified atom stereocenters. The Morgan fingerprint density at radius 2 is 1.93 bits per heavy atom. The minimum Gasteiger partial charge on any atom is -0.370 e. The molecule has 2 saturated heterocycles. The molecule has 2 aromatic carbocycles. The number of amides is 2. The number of benzene rings is 2. The van der Waals surface area contributed by atoms with E-state index in [4.69, 9.17) is 16.3 Å². The largest absolute Gasteiger partial charge is 0.370 e. The summed E-state index contributed by atoms with van der Waals surface area (Å²) in [5.41, 5.74) is 1.74. The highest BCUT2D eigenvalue weighted by molar-refractivity contribution is 6.30. The van der Waals surface area contributed by atoms with Crippen LogP contribution in [0.3, 0.4) is 0 Å². The van der Waals surface area contributed by atoms with Gasteiger partial charge in [0, 0.05) is 23.7 Å². The standard InChI is InChI=1S/C21H21ClN2O3/c22-16-6-4-5-15(13-16)19-14-23(11-12-27-19)21(26)18-9-10-20(25)24(18)17-7-2-1-3-8-17/h1-8,13,18-19H,9-12,14H2. The number of halogens is 1. The predicted molar refractivity (Wildman–Crippen MR) is 104 cm³/mol. The van der Waals surface area contributed by atoms with E-state index in [9.17, 15) is 9.59 Å². The molecule has 0 bridgehead atoms. The molecule has 2 aromatic rings. The van der Waals surface area contributed by atoms with Gasteiger partial charge >= 0.3 is 0 Å². The Morgan fingerprint density at radius 1 is 1.11 bits per heavy atom. The zero-order valence-corrected chi connectivity index (χ0v) is 15.6. The Balaban J connectivity index is 1.52. The van der Waals surface area contributed by atoms with Gasteiger partial charge in [0.2, 0.25) is 11.8 Å². The number of para-hydroxylation sites is 1. The maximum atomic E-state index is 13.2. The Kier molecular flexibility index (Phi) is 5.14. The van der Waals surface area contributed by atoms with Crippen molar-refractivity contribution in [1.82, 2.24) is 4.90 Å². The molecule has 0 aliphatic carbocycles. The van der Waals surface area contributed by atoms with Crippen molar-refractivity contribution >= 4 is 29.1 Å². The lowest BCUT2D eigenvalue weighted by atomic mass is 10.1. The van der Waals surface area contributed by atoms with Crippen LogP contribution in [-0.4, -0.2) is 42.5 Å². The summed E-state index contributed by atoms with van der Waals surface area (Å²) in [6.45, 7) is 1.46. The molecule has 0 spiro atoms. The Morgan fingerprint density at radius 3 is 2.70 bits per heavy atom. The van der Waals surface area contributed by atoms with Crippen molar-refractivity contribution in [3.63, 3.8) is 0 Å². The summed E-state index contributed by atoms with van der Waals surface area (Å²) in [6.07, 6.45) is 0.739. The fourth-order valence-electron chi connectivity index (χ4n) is 3.80. The SMILES string of the molecule is O=C(C1CCC(=O)N1c1ccccc1)N1CCOC(c2cccc(Cl)c2)C1. The van der Waals surface area contributed by atoms with Crippen molar-refractivity contribution in [1.29, 1.82) is 0 Å². The van der Waals surface area contributed by atoms with Crippen LogP contribution in [0, 0.1) is 0 Å². The van der Waals surface area contributed by atoms with E-state index >= 15 is 0 Å². The maximum Gasteiger partial charge on any atom is 0.245 e. The lowest BCUT2D eigenvalue weighted by Crippen LogP contribution is -2.51. The van der Waals surface area contributed by atoms with E-state index < -0.39 is 6.04 Å². The van der Waals surface area contributed by atoms with Crippen LogP contribution in [-0.2, 0) is 14.3 Å². The first-order chi connectivity index (χ1) is 13.1. The lowest BCUT2D eigenvalue weighted by molar-refractivity contribution is -0.140. The molecule has 6 heteroatoms. The smallest absolute Gasteiger partial charge is 0.245 e. The first-order valence-electron chi connectivity index (χ1n) is 9.16. The molecule has 140 valence electrons. The number of ether oxygens (including phenoxy) is 1. The summed E-state index contributed by atoms with van der Waals surface area (Å²) in [7, 11) is 0. The summed E-state index contributed by atoms with van der Waals surface area (Å²) in [6, 6.07) is 16.5. The summed E-state index contributed by atoms with van der Waals surface area (Å²) in [5.74, 6) is -0.0146. The predicted octanol–water partition coefficient (Wildman–Crippen LogP) is 3.44. The number of hydrogen-bond donors (Lipinski definition) is 0. The highest BCUT2D eigenvalue weighted by Crippen LogP contribution is 2.30. The maximum absolute atomic E-state index is 13.2. The van der Waals surface area contributed by atoms with Crippen molar-refractivity contribution in [2.75, 3.05) is 24.6 Å². The number of hydrogen-bond acceptors (Lipinski definition) is 3. The van der Waals surface area contributed by atoms with Gasteiger partial charge in [0.05, 0.1) is 13.2 Å². The quantitative estimate of drug-likeness (QED) is 0.814. The molecule has 2 heterocycles. The molecule has 2 fully saturated rings. The van der Waals surface area contributed by atoms with Gasteiger partial charge in [-0.2, -0.15) is 0 Å². The monoisotopic (exact) mass is 384 g/mol. The summed E-state index contributed by atoms with van der Waals surface area (Å²) >= 11 is 6.09. The Bertz CT molecular complexity index is 842. The van der Waals surface area contributed by atoms with Crippen LogP contribution < -0.4 is 4.90 Å². The fraction of sp³-hybridized carbons (Fsp3) is 0.333. The minimum absolute atomic E-state index is 0.000740. The second-order valence-electron chi connectivity index (χ2n) is 6.85. The molecule has 4 rings (SSSR count). The molecule has 0 saturated carbocycles. The van der Waals surface area contributed by atoms with Gasteiger partial charge in [-0.1, -0.05) is 41.9 Å². The topological polar surface area (TPSA) is 49.9 Å². The Hall–Kier alpha value is -2.37. The highest BCUT2D eigenvalue weighted by atomic mass is 35.5. The number of morpholine rings is 1. The third-order valence-corrected chi connectivity index (χ3v) is 5.37. The number of carbonyl (C=O) groups excluding carboxylic acids is 2. The van der Waals surface area contributed by atoms with E-state index in [2.05, 4.69) is 0 Å². The lowest BCUT2D eigenvalue weighted by Gasteiger charge is -2.36. The molecular weight excluding hydrogens is 364 g/mol. The van der Waals surface area contributed by atoms with E-state index in [0.717, 1.165) is 11.3 Å². The third-order valence-electron chi connectivity index (χ3n) is 5.13. The number of nitrogens with zero attached hydrogens (tertiary/aromatic N) is 2. The first kappa shape index (κ1) is 18.0. The molecule has 27 heavy (non-hydrogen) atoms. The van der Waals surface area contributed by atoms with Gasteiger partial charge in [0.15, 0.2) is 0 Å². The van der Waals surface area contributed by atoms with E-state index in [0.29, 0.717) is 37.6 Å². The number of carbonyl (C=O) groups is 2. The molecule has 5 nitrogen and oxygen atoms in total. The molecule has 2 aliphatic rings. The van der Waals surface area contributed by atoms with Gasteiger partial charge < -0.3 is 9.64 Å². The van der Waals surface area contributed by atoms with Crippen LogP contribution in [0.4, 0.5) is 5.69 Å². The molecule has 2 atom stereocenters. The molecule has 0 aromatic heterocycles. The average Bonchev–Trinajstić information content (AvgIpc) is 3.09. The van der Waals surface area contributed by atoms with Gasteiger partial charge in [-0.3, -0.25) is 14.5 Å². The highest BCUT2D eigenvalue weighted by Gasteiger charge is 2.40. The van der Waals surface area contributed by atoms with E-state index in [1.54, 1.807) is 4.90 Å². The van der Waals surface area contributed by atoms with Gasteiger partial charge in [0.1, 0.15) is 12.1 Å². The normalized spacial score (nSPS) is 22.9. The van der Waals surface area contributed by atoms with E-state index in [-0.39, 0.29) is 17.9 Å². The number of rotatable bonds is 3. The van der Waals surface area contributed by atoms with Crippen LogP contribution in [0.5, 0.6) is 0 Å². The van der Waals surface area contributed by atoms with Crippen LogP contribution in [0.2, 0.25) is 5.02 Å². The van der Waals surface area contributed by atoms with Crippen LogP contribution in [0.1, 0.15) is 24.5 Å². The summed E-state index contributed by atoms with van der Waals surface area (Å²) in [4.78, 5) is 29.1. The first-order valence-corrected chi connectivity index (χ1v) is 9.54. The van der Waals surface area contributed by atoms with Crippen molar-refractivity contribution in [2.24, 2.45) is 0 Å². The third kappa shape index (κ3) is 3.70. The van der Waals surface area contributed by atoms with Gasteiger partial charge in [0.25, 0.3) is 0 Å². The molecular formula is C21H21ClN2O3. The van der Waals surface area contributed by atoms with Gasteiger partial charge in [-0.15, -0.1) is 0 Å². The van der Waals surface area contributed by atoms with Crippen LogP contribution >= 0.6 is 11.6 Å². The second kappa shape index (κ2) is 7.71. The zero-order valence-electron chi connectivity index (χ0n) is 14.9. The van der Waals surface area contributed by atoms with E-state index in [1.165, 1.54) is 0 Å². The average molecular weight is 385 g/mol. The van der Waals surface area contributed by atoms with Crippen molar-refractivity contribution in [3.8, 4) is 0 Å². The molecule has 0 N–H and O–H groups in total. The Labute approximate surface area is 163 Å². The minimum atomic E-state index is -0.446.